The number of rotatable bonds is 7. The Hall–Kier alpha value is -2.54. The second-order valence-corrected chi connectivity index (χ2v) is 9.80. The molecule has 2 rings (SSSR count). The van der Waals surface area contributed by atoms with Crippen LogP contribution >= 0.6 is 0 Å². The van der Waals surface area contributed by atoms with Crippen molar-refractivity contribution in [2.45, 2.75) is 54.1 Å². The van der Waals surface area contributed by atoms with Gasteiger partial charge in [-0.2, -0.15) is 0 Å². The van der Waals surface area contributed by atoms with Gasteiger partial charge in [-0.25, -0.2) is 4.79 Å². The molecule has 0 aliphatic heterocycles. The Balaban J connectivity index is 2.94. The number of amides is 1. The predicted molar refractivity (Wildman–Crippen MR) is 118 cm³/mol. The van der Waals surface area contributed by atoms with E-state index in [2.05, 4.69) is 5.32 Å². The molecular weight excluding hydrogens is 384 g/mol. The first-order valence-electron chi connectivity index (χ1n) is 10.1. The number of methoxy groups -OCH3 is 1. The molecule has 1 aromatic carbocycles. The number of nitrogens with one attached hydrogen (secondary N) is 1. The van der Waals surface area contributed by atoms with Gasteiger partial charge in [-0.15, -0.1) is 0 Å². The van der Waals surface area contributed by atoms with Crippen molar-refractivity contribution in [3.8, 4) is 5.75 Å². The van der Waals surface area contributed by atoms with E-state index in [1.165, 1.54) is 0 Å². The minimum atomic E-state index is -1.15. The summed E-state index contributed by atoms with van der Waals surface area (Å²) in [6, 6.07) is 6.62. The van der Waals surface area contributed by atoms with Crippen LogP contribution in [-0.2, 0) is 11.3 Å². The summed E-state index contributed by atoms with van der Waals surface area (Å²) >= 11 is 0. The number of aromatic nitrogens is 1. The van der Waals surface area contributed by atoms with Crippen molar-refractivity contribution >= 4 is 16.9 Å². The largest absolute Gasteiger partial charge is 0.489 e. The third-order valence-electron chi connectivity index (χ3n) is 4.74. The number of benzene rings is 1. The van der Waals surface area contributed by atoms with Crippen LogP contribution in [0.3, 0.4) is 0 Å². The zero-order chi connectivity index (χ0) is 22.7. The van der Waals surface area contributed by atoms with Crippen molar-refractivity contribution in [2.24, 2.45) is 10.8 Å². The van der Waals surface area contributed by atoms with Crippen LogP contribution in [0.4, 0.5) is 4.79 Å². The Labute approximate surface area is 178 Å². The molecule has 0 aliphatic rings. The normalized spacial score (nSPS) is 13.3. The topological polar surface area (TPSA) is 89.8 Å². The molecule has 0 radical (unpaired) electrons. The summed E-state index contributed by atoms with van der Waals surface area (Å²) in [4.78, 5) is 25.2. The van der Waals surface area contributed by atoms with E-state index in [9.17, 15) is 14.7 Å². The molecule has 2 aromatic rings. The van der Waals surface area contributed by atoms with Gasteiger partial charge in [0.2, 0.25) is 0 Å². The first kappa shape index (κ1) is 23.7. The van der Waals surface area contributed by atoms with Crippen LogP contribution < -0.4 is 15.6 Å². The number of pyridine rings is 1. The van der Waals surface area contributed by atoms with Crippen molar-refractivity contribution in [3.05, 3.63) is 40.3 Å². The van der Waals surface area contributed by atoms with Crippen molar-refractivity contribution in [1.29, 1.82) is 0 Å². The van der Waals surface area contributed by atoms with Crippen LogP contribution in [0, 0.1) is 10.8 Å². The highest BCUT2D eigenvalue weighted by Crippen LogP contribution is 2.40. The van der Waals surface area contributed by atoms with E-state index in [0.29, 0.717) is 35.4 Å². The molecule has 0 spiro atoms. The first-order valence-corrected chi connectivity index (χ1v) is 10.1. The molecule has 1 amide bonds. The molecule has 30 heavy (non-hydrogen) atoms. The third-order valence-corrected chi connectivity index (χ3v) is 4.74. The van der Waals surface area contributed by atoms with Gasteiger partial charge < -0.3 is 24.5 Å². The van der Waals surface area contributed by atoms with Gasteiger partial charge in [-0.1, -0.05) is 59.7 Å². The number of hydrogen-bond acceptors (Lipinski definition) is 4. The molecule has 1 aromatic heterocycles. The van der Waals surface area contributed by atoms with Crippen LogP contribution in [-0.4, -0.2) is 36.1 Å². The van der Waals surface area contributed by atoms with E-state index in [-0.39, 0.29) is 17.6 Å². The van der Waals surface area contributed by atoms with Crippen molar-refractivity contribution < 1.29 is 19.4 Å². The maximum Gasteiger partial charge on any atom is 0.405 e. The lowest BCUT2D eigenvalue weighted by Crippen LogP contribution is -2.41. The summed E-state index contributed by atoms with van der Waals surface area (Å²) in [5, 5.41) is 13.4. The fourth-order valence-electron chi connectivity index (χ4n) is 3.50. The van der Waals surface area contributed by atoms with E-state index in [0.717, 1.165) is 0 Å². The lowest BCUT2D eigenvalue weighted by Gasteiger charge is -2.35. The zero-order valence-corrected chi connectivity index (χ0v) is 19.0. The summed E-state index contributed by atoms with van der Waals surface area (Å²) < 4.78 is 13.0. The van der Waals surface area contributed by atoms with E-state index >= 15 is 0 Å². The molecule has 166 valence electrons. The summed E-state index contributed by atoms with van der Waals surface area (Å²) in [6.45, 7) is 13.0. The summed E-state index contributed by atoms with van der Waals surface area (Å²) in [7, 11) is 1.59. The van der Waals surface area contributed by atoms with Crippen LogP contribution in [0.15, 0.2) is 29.1 Å². The molecule has 1 atom stereocenters. The molecule has 0 saturated heterocycles. The average molecular weight is 419 g/mol. The van der Waals surface area contributed by atoms with Gasteiger partial charge in [0.05, 0.1) is 23.7 Å². The van der Waals surface area contributed by atoms with E-state index in [1.54, 1.807) is 17.7 Å². The SMILES string of the molecule is COCCOc1c(C(NC(=O)O)C(C)(C)C)n(CC(C)(C)C)c(=O)c2ccccc12. The number of fused-ring (bicyclic) bond motifs is 1. The first-order chi connectivity index (χ1) is 13.9. The maximum atomic E-state index is 13.5. The Bertz CT molecular complexity index is 951. The molecule has 0 aliphatic carbocycles. The van der Waals surface area contributed by atoms with Crippen molar-refractivity contribution in [3.63, 3.8) is 0 Å². The monoisotopic (exact) mass is 418 g/mol. The zero-order valence-electron chi connectivity index (χ0n) is 19.0. The van der Waals surface area contributed by atoms with Gasteiger partial charge in [-0.3, -0.25) is 4.79 Å². The Morgan fingerprint density at radius 2 is 1.70 bits per heavy atom. The Morgan fingerprint density at radius 1 is 1.10 bits per heavy atom. The minimum Gasteiger partial charge on any atom is -0.489 e. The lowest BCUT2D eigenvalue weighted by molar-refractivity contribution is 0.142. The molecule has 0 fully saturated rings. The second kappa shape index (κ2) is 9.08. The fourth-order valence-corrected chi connectivity index (χ4v) is 3.50. The van der Waals surface area contributed by atoms with Crippen molar-refractivity contribution in [1.82, 2.24) is 9.88 Å². The van der Waals surface area contributed by atoms with E-state index < -0.39 is 17.6 Å². The predicted octanol–water partition coefficient (Wildman–Crippen LogP) is 4.43. The third kappa shape index (κ3) is 5.53. The lowest BCUT2D eigenvalue weighted by atomic mass is 9.83. The standard InChI is InChI=1S/C23H34N2O5/c1-22(2,3)14-25-17(19(23(4,5)6)24-21(27)28)18(30-13-12-29-7)15-10-8-9-11-16(15)20(25)26/h8-11,19,24H,12-14H2,1-7H3,(H,27,28). The number of ether oxygens (including phenoxy) is 2. The number of carbonyl (C=O) groups is 1. The quantitative estimate of drug-likeness (QED) is 0.650. The maximum absolute atomic E-state index is 13.5. The van der Waals surface area contributed by atoms with E-state index in [1.807, 2.05) is 59.7 Å². The molecule has 2 N–H and O–H groups in total. The highest BCUT2D eigenvalue weighted by atomic mass is 16.5. The number of hydrogen-bond donors (Lipinski definition) is 2. The van der Waals surface area contributed by atoms with Gasteiger partial charge in [0, 0.05) is 19.0 Å². The molecule has 1 unspecified atom stereocenters. The van der Waals surface area contributed by atoms with Gasteiger partial charge in [-0.05, 0) is 16.9 Å². The van der Waals surface area contributed by atoms with Crippen LogP contribution in [0.5, 0.6) is 5.75 Å². The number of nitrogens with zero attached hydrogens (tertiary/aromatic N) is 1. The number of carboxylic acid groups (broad SMARTS) is 1. The van der Waals surface area contributed by atoms with Crippen LogP contribution in [0.25, 0.3) is 10.8 Å². The molecular formula is C23H34N2O5. The molecule has 7 heteroatoms. The molecule has 0 saturated carbocycles. The Kier molecular flexibility index (Phi) is 7.18. The van der Waals surface area contributed by atoms with Crippen LogP contribution in [0.1, 0.15) is 53.3 Å². The highest BCUT2D eigenvalue weighted by molar-refractivity contribution is 5.88. The van der Waals surface area contributed by atoms with Crippen LogP contribution in [0.2, 0.25) is 0 Å². The van der Waals surface area contributed by atoms with Gasteiger partial charge in [0.1, 0.15) is 12.4 Å². The molecule has 7 nitrogen and oxygen atoms in total. The van der Waals surface area contributed by atoms with Crippen molar-refractivity contribution in [2.75, 3.05) is 20.3 Å². The highest BCUT2D eigenvalue weighted by Gasteiger charge is 2.35. The summed E-state index contributed by atoms with van der Waals surface area (Å²) in [5.74, 6) is 0.514. The minimum absolute atomic E-state index is 0.156. The fraction of sp³-hybridized carbons (Fsp3) is 0.565. The smallest absolute Gasteiger partial charge is 0.405 e. The molecule has 0 bridgehead atoms. The second-order valence-electron chi connectivity index (χ2n) is 9.80. The van der Waals surface area contributed by atoms with Gasteiger partial charge in [0.25, 0.3) is 5.56 Å². The van der Waals surface area contributed by atoms with E-state index in [4.69, 9.17) is 9.47 Å². The van der Waals surface area contributed by atoms with Gasteiger partial charge >= 0.3 is 6.09 Å². The summed E-state index contributed by atoms with van der Waals surface area (Å²) in [6.07, 6.45) is -1.15. The van der Waals surface area contributed by atoms with Gasteiger partial charge in [0.15, 0.2) is 0 Å². The molecule has 1 heterocycles. The Morgan fingerprint density at radius 3 is 2.20 bits per heavy atom. The average Bonchev–Trinajstić information content (AvgIpc) is 2.62. The summed E-state index contributed by atoms with van der Waals surface area (Å²) in [5.41, 5.74) is -0.335.